The molecular weight excluding hydrogens is 300 g/mol. The fraction of sp³-hybridized carbons (Fsp3) is 0.692. The smallest absolute Gasteiger partial charge is 0.244 e. The largest absolute Gasteiger partial charge is 0.254 e. The number of nitrogens with one attached hydrogen (secondary N) is 1. The molecule has 1 spiro atoms. The van der Waals surface area contributed by atoms with Crippen molar-refractivity contribution in [2.75, 3.05) is 0 Å². The molecule has 0 unspecified atom stereocenters. The number of rotatable bonds is 4. The summed E-state index contributed by atoms with van der Waals surface area (Å²) in [6.45, 7) is 0.126. The van der Waals surface area contributed by atoms with Gasteiger partial charge in [-0.3, -0.25) is 0 Å². The Labute approximate surface area is 122 Å². The van der Waals surface area contributed by atoms with Gasteiger partial charge < -0.3 is 0 Å². The van der Waals surface area contributed by atoms with Gasteiger partial charge in [-0.1, -0.05) is 0 Å². The topological polar surface area (TPSA) is 72.0 Å². The molecule has 5 nitrogen and oxygen atoms in total. The highest BCUT2D eigenvalue weighted by Gasteiger charge is 2.70. The summed E-state index contributed by atoms with van der Waals surface area (Å²) in [6, 6.07) is 0. The average molecular weight is 317 g/mol. The molecule has 2 fully saturated rings. The lowest BCUT2D eigenvalue weighted by molar-refractivity contribution is 0.0484. The Kier molecular flexibility index (Phi) is 3.48. The van der Waals surface area contributed by atoms with Crippen molar-refractivity contribution in [2.24, 2.45) is 5.41 Å². The summed E-state index contributed by atoms with van der Waals surface area (Å²) in [5.41, 5.74) is -0.242. The van der Waals surface area contributed by atoms with Crippen LogP contribution in [0.1, 0.15) is 37.7 Å². The molecule has 0 atom stereocenters. The first-order valence-electron chi connectivity index (χ1n) is 6.95. The Morgan fingerprint density at radius 2 is 1.81 bits per heavy atom. The van der Waals surface area contributed by atoms with E-state index in [0.717, 1.165) is 0 Å². The van der Waals surface area contributed by atoms with Gasteiger partial charge in [-0.05, 0) is 25.7 Å². The highest BCUT2D eigenvalue weighted by molar-refractivity contribution is 7.90. The number of sulfonamides is 1. The van der Waals surface area contributed by atoms with Crippen LogP contribution >= 0.6 is 0 Å². The van der Waals surface area contributed by atoms with Gasteiger partial charge >= 0.3 is 0 Å². The van der Waals surface area contributed by atoms with Gasteiger partial charge in [0.1, 0.15) is 6.33 Å². The molecule has 21 heavy (non-hydrogen) atoms. The molecule has 0 amide bonds. The van der Waals surface area contributed by atoms with Crippen molar-refractivity contribution >= 4 is 10.0 Å². The number of hydrogen-bond donors (Lipinski definition) is 1. The fourth-order valence-electron chi connectivity index (χ4n) is 3.10. The van der Waals surface area contributed by atoms with Gasteiger partial charge in [-0.25, -0.2) is 31.9 Å². The average Bonchev–Trinajstić information content (AvgIpc) is 2.98. The number of alkyl halides is 2. The van der Waals surface area contributed by atoms with Crippen molar-refractivity contribution in [3.8, 4) is 0 Å². The van der Waals surface area contributed by atoms with Crippen molar-refractivity contribution in [3.05, 3.63) is 24.3 Å². The predicted molar refractivity (Wildman–Crippen MR) is 72.0 cm³/mol. The Morgan fingerprint density at radius 1 is 1.24 bits per heavy atom. The third kappa shape index (κ3) is 2.78. The van der Waals surface area contributed by atoms with Gasteiger partial charge in [0.2, 0.25) is 10.0 Å². The molecule has 1 aromatic rings. The Bertz CT molecular complexity index is 614. The Morgan fingerprint density at radius 3 is 2.33 bits per heavy atom. The first kappa shape index (κ1) is 14.8. The molecule has 2 aliphatic carbocycles. The maximum absolute atomic E-state index is 13.3. The summed E-state index contributed by atoms with van der Waals surface area (Å²) in [4.78, 5) is 7.62. The summed E-state index contributed by atoms with van der Waals surface area (Å²) >= 11 is 0. The van der Waals surface area contributed by atoms with E-state index in [-0.39, 0.29) is 13.0 Å². The third-order valence-corrected chi connectivity index (χ3v) is 6.53. The van der Waals surface area contributed by atoms with Crippen LogP contribution in [0.2, 0.25) is 0 Å². The van der Waals surface area contributed by atoms with Crippen LogP contribution in [0.5, 0.6) is 0 Å². The zero-order valence-corrected chi connectivity index (χ0v) is 12.2. The van der Waals surface area contributed by atoms with Gasteiger partial charge in [0.15, 0.2) is 0 Å². The first-order chi connectivity index (χ1) is 9.85. The lowest BCUT2D eigenvalue weighted by atomic mass is 9.85. The zero-order valence-electron chi connectivity index (χ0n) is 11.4. The van der Waals surface area contributed by atoms with Crippen molar-refractivity contribution < 1.29 is 17.2 Å². The monoisotopic (exact) mass is 317 g/mol. The molecular formula is C13H17F2N3O2S. The zero-order chi connectivity index (χ0) is 15.1. The maximum atomic E-state index is 13.3. The number of aromatic nitrogens is 2. The molecule has 0 aromatic carbocycles. The summed E-state index contributed by atoms with van der Waals surface area (Å²) < 4.78 is 53.5. The molecule has 2 aliphatic rings. The molecule has 0 radical (unpaired) electrons. The normalized spacial score (nSPS) is 31.2. The number of nitrogens with zero attached hydrogens (tertiary/aromatic N) is 2. The third-order valence-electron chi connectivity index (χ3n) is 4.63. The van der Waals surface area contributed by atoms with Crippen molar-refractivity contribution in [2.45, 2.75) is 49.8 Å². The van der Waals surface area contributed by atoms with Crippen LogP contribution in [0.4, 0.5) is 8.78 Å². The van der Waals surface area contributed by atoms with Crippen LogP contribution in [0.3, 0.4) is 0 Å². The molecule has 2 saturated carbocycles. The van der Waals surface area contributed by atoms with Gasteiger partial charge in [0, 0.05) is 36.3 Å². The summed E-state index contributed by atoms with van der Waals surface area (Å²) in [5, 5.41) is -0.579. The lowest BCUT2D eigenvalue weighted by Crippen LogP contribution is -2.37. The second kappa shape index (κ2) is 4.95. The van der Waals surface area contributed by atoms with Crippen LogP contribution < -0.4 is 4.72 Å². The second-order valence-electron chi connectivity index (χ2n) is 5.97. The quantitative estimate of drug-likeness (QED) is 0.920. The van der Waals surface area contributed by atoms with Crippen molar-refractivity contribution in [3.63, 3.8) is 0 Å². The second-order valence-corrected chi connectivity index (χ2v) is 8.02. The van der Waals surface area contributed by atoms with Crippen LogP contribution in [-0.2, 0) is 16.6 Å². The minimum atomic E-state index is -3.49. The van der Waals surface area contributed by atoms with E-state index in [1.807, 2.05) is 0 Å². The van der Waals surface area contributed by atoms with Crippen LogP contribution in [0.25, 0.3) is 0 Å². The maximum Gasteiger partial charge on any atom is 0.254 e. The minimum Gasteiger partial charge on any atom is -0.244 e. The molecule has 116 valence electrons. The highest BCUT2D eigenvalue weighted by atomic mass is 32.2. The van der Waals surface area contributed by atoms with E-state index in [2.05, 4.69) is 14.7 Å². The van der Waals surface area contributed by atoms with E-state index < -0.39 is 26.6 Å². The highest BCUT2D eigenvalue weighted by Crippen LogP contribution is 2.67. The standard InChI is InChI=1S/C13H17F2N3O2S/c14-13(15)8-12(13)3-1-11(2-4-12)21(19,20)18-7-10-5-16-9-17-6-10/h5-6,9,11,18H,1-4,7-8H2. The van der Waals surface area contributed by atoms with E-state index in [1.54, 1.807) is 0 Å². The molecule has 0 aliphatic heterocycles. The molecule has 3 rings (SSSR count). The van der Waals surface area contributed by atoms with Gasteiger partial charge in [0.25, 0.3) is 5.92 Å². The van der Waals surface area contributed by atoms with E-state index in [9.17, 15) is 17.2 Å². The first-order valence-corrected chi connectivity index (χ1v) is 8.50. The van der Waals surface area contributed by atoms with E-state index >= 15 is 0 Å². The summed E-state index contributed by atoms with van der Waals surface area (Å²) in [7, 11) is -3.49. The van der Waals surface area contributed by atoms with Crippen LogP contribution in [0, 0.1) is 5.41 Å². The molecule has 1 aromatic heterocycles. The molecule has 1 heterocycles. The molecule has 1 N–H and O–H groups in total. The molecule has 8 heteroatoms. The molecule has 0 saturated heterocycles. The number of hydrogen-bond acceptors (Lipinski definition) is 4. The van der Waals surface area contributed by atoms with Crippen molar-refractivity contribution in [1.82, 2.24) is 14.7 Å². The fourth-order valence-corrected chi connectivity index (χ4v) is 4.56. The van der Waals surface area contributed by atoms with Crippen LogP contribution in [-0.4, -0.2) is 29.6 Å². The van der Waals surface area contributed by atoms with E-state index in [0.29, 0.717) is 31.2 Å². The van der Waals surface area contributed by atoms with Crippen molar-refractivity contribution in [1.29, 1.82) is 0 Å². The Balaban J connectivity index is 1.57. The predicted octanol–water partition coefficient (Wildman–Crippen LogP) is 1.86. The van der Waals surface area contributed by atoms with E-state index in [1.165, 1.54) is 18.7 Å². The van der Waals surface area contributed by atoms with Gasteiger partial charge in [-0.15, -0.1) is 0 Å². The molecule has 0 bridgehead atoms. The van der Waals surface area contributed by atoms with Gasteiger partial charge in [-0.2, -0.15) is 0 Å². The van der Waals surface area contributed by atoms with Crippen LogP contribution in [0.15, 0.2) is 18.7 Å². The SMILES string of the molecule is O=S(=O)(NCc1cncnc1)C1CCC2(CC1)CC2(F)F. The van der Waals surface area contributed by atoms with Gasteiger partial charge in [0.05, 0.1) is 5.25 Å². The minimum absolute atomic E-state index is 0.0818. The lowest BCUT2D eigenvalue weighted by Gasteiger charge is -2.28. The summed E-state index contributed by atoms with van der Waals surface area (Å²) in [6.07, 6.45) is 5.55. The number of halogens is 2. The Hall–Kier alpha value is -1.15. The van der Waals surface area contributed by atoms with E-state index in [4.69, 9.17) is 0 Å². The summed E-state index contributed by atoms with van der Waals surface area (Å²) in [5.74, 6) is -2.59.